The van der Waals surface area contributed by atoms with Gasteiger partial charge in [0.05, 0.1) is 12.5 Å². The zero-order chi connectivity index (χ0) is 16.1. The van der Waals surface area contributed by atoms with E-state index in [-0.39, 0.29) is 5.97 Å². The lowest BCUT2D eigenvalue weighted by atomic mass is 9.92. The van der Waals surface area contributed by atoms with Gasteiger partial charge in [-0.15, -0.1) is 0 Å². The predicted molar refractivity (Wildman–Crippen MR) is 91.0 cm³/mol. The summed E-state index contributed by atoms with van der Waals surface area (Å²) in [7, 11) is 0. The summed E-state index contributed by atoms with van der Waals surface area (Å²) in [6, 6.07) is 12.4. The van der Waals surface area contributed by atoms with Crippen LogP contribution in [0.25, 0.3) is 0 Å². The molecular weight excluding hydrogens is 343 g/mol. The molecule has 22 heavy (non-hydrogen) atoms. The highest BCUT2D eigenvalue weighted by molar-refractivity contribution is 6.35. The molecule has 2 aromatic carbocycles. The number of ether oxygens (including phenoxy) is 1. The number of carbonyl (C=O) groups is 1. The number of esters is 1. The number of halogens is 3. The van der Waals surface area contributed by atoms with Crippen molar-refractivity contribution in [2.75, 3.05) is 6.61 Å². The van der Waals surface area contributed by atoms with Crippen LogP contribution in [0.1, 0.15) is 24.0 Å². The molecule has 0 N–H and O–H groups in total. The van der Waals surface area contributed by atoms with Crippen molar-refractivity contribution in [3.8, 4) is 0 Å². The van der Waals surface area contributed by atoms with E-state index in [9.17, 15) is 4.79 Å². The maximum atomic E-state index is 12.3. The molecule has 0 saturated carbocycles. The number of hydrogen-bond acceptors (Lipinski definition) is 2. The van der Waals surface area contributed by atoms with E-state index in [4.69, 9.17) is 39.5 Å². The first-order valence-corrected chi connectivity index (χ1v) is 8.00. The third-order valence-corrected chi connectivity index (χ3v) is 4.12. The van der Waals surface area contributed by atoms with Gasteiger partial charge < -0.3 is 4.74 Å². The van der Waals surface area contributed by atoms with Crippen LogP contribution in [0.15, 0.2) is 42.5 Å². The summed E-state index contributed by atoms with van der Waals surface area (Å²) in [6.45, 7) is 2.11. The normalized spacial score (nSPS) is 12.0. The van der Waals surface area contributed by atoms with Gasteiger partial charge in [0.1, 0.15) is 0 Å². The molecule has 0 aromatic heterocycles. The largest absolute Gasteiger partial charge is 0.466 e. The van der Waals surface area contributed by atoms with Crippen molar-refractivity contribution in [3.63, 3.8) is 0 Å². The molecule has 0 aliphatic rings. The lowest BCUT2D eigenvalue weighted by Crippen LogP contribution is -2.18. The fourth-order valence-corrected chi connectivity index (χ4v) is 2.79. The Morgan fingerprint density at radius 2 is 1.68 bits per heavy atom. The molecule has 0 heterocycles. The summed E-state index contributed by atoms with van der Waals surface area (Å²) in [5.74, 6) is -0.716. The van der Waals surface area contributed by atoms with Gasteiger partial charge in [-0.05, 0) is 48.7 Å². The van der Waals surface area contributed by atoms with Crippen molar-refractivity contribution >= 4 is 40.8 Å². The van der Waals surface area contributed by atoms with Crippen LogP contribution in [0.4, 0.5) is 0 Å². The van der Waals surface area contributed by atoms with E-state index in [2.05, 4.69) is 0 Å². The number of carbonyl (C=O) groups excluding carboxylic acids is 1. The van der Waals surface area contributed by atoms with Crippen LogP contribution in [0.3, 0.4) is 0 Å². The number of benzene rings is 2. The van der Waals surface area contributed by atoms with Crippen molar-refractivity contribution < 1.29 is 9.53 Å². The molecule has 1 unspecified atom stereocenters. The van der Waals surface area contributed by atoms with Gasteiger partial charge in [-0.25, -0.2) is 0 Å². The minimum Gasteiger partial charge on any atom is -0.466 e. The van der Waals surface area contributed by atoms with Gasteiger partial charge in [-0.3, -0.25) is 4.79 Å². The second-order valence-electron chi connectivity index (χ2n) is 4.80. The fraction of sp³-hybridized carbons (Fsp3) is 0.235. The zero-order valence-corrected chi connectivity index (χ0v) is 14.3. The molecule has 2 aromatic rings. The highest BCUT2D eigenvalue weighted by Gasteiger charge is 2.23. The van der Waals surface area contributed by atoms with E-state index in [1.54, 1.807) is 31.2 Å². The Hall–Kier alpha value is -1.22. The first-order chi connectivity index (χ1) is 10.5. The molecule has 0 aliphatic carbocycles. The predicted octanol–water partition coefficient (Wildman–Crippen LogP) is 5.54. The Morgan fingerprint density at radius 3 is 2.27 bits per heavy atom. The monoisotopic (exact) mass is 356 g/mol. The molecule has 0 bridgehead atoms. The maximum absolute atomic E-state index is 12.3. The van der Waals surface area contributed by atoms with Gasteiger partial charge in [-0.1, -0.05) is 53.0 Å². The molecule has 2 nitrogen and oxygen atoms in total. The van der Waals surface area contributed by atoms with Gasteiger partial charge >= 0.3 is 5.97 Å². The van der Waals surface area contributed by atoms with Gasteiger partial charge in [0.2, 0.25) is 0 Å². The number of hydrogen-bond donors (Lipinski definition) is 0. The summed E-state index contributed by atoms with van der Waals surface area (Å²) in [5.41, 5.74) is 1.69. The molecule has 0 fully saturated rings. The third kappa shape index (κ3) is 4.39. The Kier molecular flexibility index (Phi) is 6.13. The smallest absolute Gasteiger partial charge is 0.313 e. The van der Waals surface area contributed by atoms with Crippen molar-refractivity contribution in [2.45, 2.75) is 19.3 Å². The van der Waals surface area contributed by atoms with E-state index in [0.717, 1.165) is 11.1 Å². The van der Waals surface area contributed by atoms with Crippen molar-refractivity contribution in [1.29, 1.82) is 0 Å². The summed E-state index contributed by atoms with van der Waals surface area (Å²) < 4.78 is 5.18. The number of rotatable bonds is 5. The lowest BCUT2D eigenvalue weighted by Gasteiger charge is -2.17. The highest BCUT2D eigenvalue weighted by atomic mass is 35.5. The molecule has 0 aliphatic heterocycles. The van der Waals surface area contributed by atoms with Gasteiger partial charge in [0.15, 0.2) is 0 Å². The average molecular weight is 358 g/mol. The Bertz CT molecular complexity index is 653. The summed E-state index contributed by atoms with van der Waals surface area (Å²) in [5, 5.41) is 1.72. The Morgan fingerprint density at radius 1 is 1.05 bits per heavy atom. The molecular formula is C17H15Cl3O2. The highest BCUT2D eigenvalue weighted by Crippen LogP contribution is 2.29. The average Bonchev–Trinajstić information content (AvgIpc) is 2.48. The van der Waals surface area contributed by atoms with Crippen LogP contribution in [0.2, 0.25) is 15.1 Å². The van der Waals surface area contributed by atoms with E-state index in [0.29, 0.717) is 28.1 Å². The Balaban J connectivity index is 2.32. The van der Waals surface area contributed by atoms with Crippen LogP contribution < -0.4 is 0 Å². The van der Waals surface area contributed by atoms with E-state index >= 15 is 0 Å². The van der Waals surface area contributed by atoms with Crippen LogP contribution in [0.5, 0.6) is 0 Å². The first kappa shape index (κ1) is 17.1. The van der Waals surface area contributed by atoms with Gasteiger partial charge in [0, 0.05) is 15.1 Å². The quantitative estimate of drug-likeness (QED) is 0.657. The van der Waals surface area contributed by atoms with Crippen LogP contribution in [-0.2, 0) is 16.0 Å². The van der Waals surface area contributed by atoms with E-state index in [1.165, 1.54) is 0 Å². The molecule has 0 radical (unpaired) electrons. The Labute approximate surface area is 144 Å². The summed E-state index contributed by atoms with van der Waals surface area (Å²) in [4.78, 5) is 12.3. The minimum absolute atomic E-state index is 0.282. The molecule has 1 atom stereocenters. The van der Waals surface area contributed by atoms with Crippen molar-refractivity contribution in [3.05, 3.63) is 68.7 Å². The molecule has 0 amide bonds. The van der Waals surface area contributed by atoms with Crippen molar-refractivity contribution in [1.82, 2.24) is 0 Å². The van der Waals surface area contributed by atoms with E-state index < -0.39 is 5.92 Å². The van der Waals surface area contributed by atoms with Crippen LogP contribution >= 0.6 is 34.8 Å². The maximum Gasteiger partial charge on any atom is 0.313 e. The standard InChI is InChI=1S/C17H15Cl3O2/c1-2-22-17(21)15(11-3-6-13(18)7-4-11)9-12-5-8-14(19)10-16(12)20/h3-8,10,15H,2,9H2,1H3. The molecule has 0 saturated heterocycles. The van der Waals surface area contributed by atoms with Gasteiger partial charge in [-0.2, -0.15) is 0 Å². The van der Waals surface area contributed by atoms with E-state index in [1.807, 2.05) is 18.2 Å². The minimum atomic E-state index is -0.434. The van der Waals surface area contributed by atoms with Crippen molar-refractivity contribution in [2.24, 2.45) is 0 Å². The van der Waals surface area contributed by atoms with Crippen LogP contribution in [0, 0.1) is 0 Å². The van der Waals surface area contributed by atoms with Gasteiger partial charge in [0.25, 0.3) is 0 Å². The lowest BCUT2D eigenvalue weighted by molar-refractivity contribution is -0.144. The van der Waals surface area contributed by atoms with Crippen LogP contribution in [-0.4, -0.2) is 12.6 Å². The molecule has 2 rings (SSSR count). The second kappa shape index (κ2) is 7.87. The molecule has 116 valence electrons. The second-order valence-corrected chi connectivity index (χ2v) is 6.08. The zero-order valence-electron chi connectivity index (χ0n) is 12.0. The summed E-state index contributed by atoms with van der Waals surface area (Å²) in [6.07, 6.45) is 0.441. The summed E-state index contributed by atoms with van der Waals surface area (Å²) >= 11 is 18.0. The molecule has 5 heteroatoms. The molecule has 0 spiro atoms. The first-order valence-electron chi connectivity index (χ1n) is 6.87. The SMILES string of the molecule is CCOC(=O)C(Cc1ccc(Cl)cc1Cl)c1ccc(Cl)cc1. The third-order valence-electron chi connectivity index (χ3n) is 3.28. The topological polar surface area (TPSA) is 26.3 Å². The fourth-order valence-electron chi connectivity index (χ4n) is 2.18.